The molecule has 0 amide bonds. The summed E-state index contributed by atoms with van der Waals surface area (Å²) in [5, 5.41) is 3.70. The highest BCUT2D eigenvalue weighted by Crippen LogP contribution is 2.30. The van der Waals surface area contributed by atoms with Crippen LogP contribution in [0.3, 0.4) is 0 Å². The molecule has 1 aliphatic rings. The first kappa shape index (κ1) is 15.2. The standard InChI is InChI=1S/C17H27NO2/c1-12-5-8-16(13(2)9-12)18-11-14-6-7-15(19-3)10-17(14)20-4/h6-7,10,12-13,16,18H,5,8-9,11H2,1-4H3. The molecule has 0 aliphatic heterocycles. The third-order valence-electron chi connectivity index (χ3n) is 4.48. The van der Waals surface area contributed by atoms with Crippen molar-refractivity contribution in [2.75, 3.05) is 14.2 Å². The minimum atomic E-state index is 0.623. The lowest BCUT2D eigenvalue weighted by atomic mass is 9.80. The molecule has 3 heteroatoms. The molecule has 0 saturated heterocycles. The minimum Gasteiger partial charge on any atom is -0.497 e. The number of ether oxygens (including phenoxy) is 2. The summed E-state index contributed by atoms with van der Waals surface area (Å²) >= 11 is 0. The summed E-state index contributed by atoms with van der Waals surface area (Å²) in [4.78, 5) is 0. The lowest BCUT2D eigenvalue weighted by Gasteiger charge is -2.33. The second kappa shape index (κ2) is 6.98. The van der Waals surface area contributed by atoms with E-state index in [0.29, 0.717) is 6.04 Å². The maximum absolute atomic E-state index is 5.45. The number of hydrogen-bond acceptors (Lipinski definition) is 3. The first-order valence-electron chi connectivity index (χ1n) is 7.58. The molecule has 0 heterocycles. The summed E-state index contributed by atoms with van der Waals surface area (Å²) in [6.45, 7) is 5.58. The fraction of sp³-hybridized carbons (Fsp3) is 0.647. The van der Waals surface area contributed by atoms with Gasteiger partial charge < -0.3 is 14.8 Å². The molecule has 3 nitrogen and oxygen atoms in total. The molecule has 1 aliphatic carbocycles. The summed E-state index contributed by atoms with van der Waals surface area (Å²) in [5.41, 5.74) is 1.19. The molecular formula is C17H27NO2. The molecule has 1 fully saturated rings. The molecule has 1 N–H and O–H groups in total. The molecule has 0 radical (unpaired) electrons. The van der Waals surface area contributed by atoms with Crippen LogP contribution in [0, 0.1) is 11.8 Å². The van der Waals surface area contributed by atoms with E-state index in [0.717, 1.165) is 29.9 Å². The van der Waals surface area contributed by atoms with Gasteiger partial charge in [-0.25, -0.2) is 0 Å². The number of rotatable bonds is 5. The Morgan fingerprint density at radius 1 is 1.15 bits per heavy atom. The highest BCUT2D eigenvalue weighted by atomic mass is 16.5. The van der Waals surface area contributed by atoms with E-state index >= 15 is 0 Å². The van der Waals surface area contributed by atoms with Crippen LogP contribution in [-0.4, -0.2) is 20.3 Å². The fourth-order valence-corrected chi connectivity index (χ4v) is 3.21. The highest BCUT2D eigenvalue weighted by Gasteiger charge is 2.24. The van der Waals surface area contributed by atoms with Gasteiger partial charge in [-0.3, -0.25) is 0 Å². The second-order valence-corrected chi connectivity index (χ2v) is 6.06. The Morgan fingerprint density at radius 3 is 2.60 bits per heavy atom. The lowest BCUT2D eigenvalue weighted by molar-refractivity contribution is 0.226. The third-order valence-corrected chi connectivity index (χ3v) is 4.48. The van der Waals surface area contributed by atoms with Gasteiger partial charge in [-0.15, -0.1) is 0 Å². The van der Waals surface area contributed by atoms with E-state index in [-0.39, 0.29) is 0 Å². The predicted octanol–water partition coefficient (Wildman–Crippen LogP) is 3.62. The van der Waals surface area contributed by atoms with E-state index in [1.807, 2.05) is 12.1 Å². The van der Waals surface area contributed by atoms with Crippen molar-refractivity contribution in [3.8, 4) is 11.5 Å². The van der Waals surface area contributed by atoms with E-state index in [4.69, 9.17) is 9.47 Å². The molecule has 1 aromatic rings. The van der Waals surface area contributed by atoms with Gasteiger partial charge in [0, 0.05) is 24.2 Å². The Hall–Kier alpha value is -1.22. The van der Waals surface area contributed by atoms with E-state index in [9.17, 15) is 0 Å². The number of hydrogen-bond donors (Lipinski definition) is 1. The molecule has 2 rings (SSSR count). The van der Waals surface area contributed by atoms with Crippen molar-refractivity contribution in [2.45, 2.75) is 45.7 Å². The van der Waals surface area contributed by atoms with Crippen LogP contribution in [0.5, 0.6) is 11.5 Å². The van der Waals surface area contributed by atoms with Gasteiger partial charge in [-0.05, 0) is 37.2 Å². The van der Waals surface area contributed by atoms with E-state index < -0.39 is 0 Å². The average molecular weight is 277 g/mol. The molecule has 112 valence electrons. The molecule has 0 spiro atoms. The van der Waals surface area contributed by atoms with Gasteiger partial charge in [-0.1, -0.05) is 19.9 Å². The normalized spacial score (nSPS) is 26.3. The summed E-state index contributed by atoms with van der Waals surface area (Å²) in [5.74, 6) is 3.36. The maximum Gasteiger partial charge on any atom is 0.127 e. The molecular weight excluding hydrogens is 250 g/mol. The number of nitrogens with one attached hydrogen (secondary N) is 1. The van der Waals surface area contributed by atoms with E-state index in [1.54, 1.807) is 14.2 Å². The quantitative estimate of drug-likeness (QED) is 0.891. The maximum atomic E-state index is 5.45. The molecule has 0 bridgehead atoms. The van der Waals surface area contributed by atoms with Crippen LogP contribution in [0.1, 0.15) is 38.7 Å². The molecule has 3 unspecified atom stereocenters. The molecule has 1 aromatic carbocycles. The SMILES string of the molecule is COc1ccc(CNC2CCC(C)CC2C)c(OC)c1. The van der Waals surface area contributed by atoms with Gasteiger partial charge in [-0.2, -0.15) is 0 Å². The minimum absolute atomic E-state index is 0.623. The van der Waals surface area contributed by atoms with Crippen molar-refractivity contribution in [1.29, 1.82) is 0 Å². The van der Waals surface area contributed by atoms with Gasteiger partial charge in [0.25, 0.3) is 0 Å². The van der Waals surface area contributed by atoms with Crippen LogP contribution in [-0.2, 0) is 6.54 Å². The van der Waals surface area contributed by atoms with Gasteiger partial charge in [0.2, 0.25) is 0 Å². The van der Waals surface area contributed by atoms with Crippen molar-refractivity contribution < 1.29 is 9.47 Å². The van der Waals surface area contributed by atoms with Crippen LogP contribution in [0.15, 0.2) is 18.2 Å². The summed E-state index contributed by atoms with van der Waals surface area (Å²) < 4.78 is 10.7. The van der Waals surface area contributed by atoms with Gasteiger partial charge in [0.05, 0.1) is 14.2 Å². The van der Waals surface area contributed by atoms with Gasteiger partial charge >= 0.3 is 0 Å². The Balaban J connectivity index is 1.96. The Morgan fingerprint density at radius 2 is 1.95 bits per heavy atom. The van der Waals surface area contributed by atoms with Crippen molar-refractivity contribution >= 4 is 0 Å². The Kier molecular flexibility index (Phi) is 5.30. The first-order valence-corrected chi connectivity index (χ1v) is 7.58. The molecule has 20 heavy (non-hydrogen) atoms. The zero-order chi connectivity index (χ0) is 14.5. The monoisotopic (exact) mass is 277 g/mol. The van der Waals surface area contributed by atoms with Crippen LogP contribution < -0.4 is 14.8 Å². The average Bonchev–Trinajstić information content (AvgIpc) is 2.46. The lowest BCUT2D eigenvalue weighted by Crippen LogP contribution is -2.38. The zero-order valence-electron chi connectivity index (χ0n) is 13.1. The van der Waals surface area contributed by atoms with Crippen molar-refractivity contribution in [1.82, 2.24) is 5.32 Å². The smallest absolute Gasteiger partial charge is 0.127 e. The Bertz CT molecular complexity index is 433. The molecule has 0 aromatic heterocycles. The number of benzene rings is 1. The van der Waals surface area contributed by atoms with Crippen LogP contribution in [0.4, 0.5) is 0 Å². The third kappa shape index (κ3) is 3.66. The summed E-state index contributed by atoms with van der Waals surface area (Å²) in [6.07, 6.45) is 3.94. The zero-order valence-corrected chi connectivity index (χ0v) is 13.1. The Labute approximate surface area is 122 Å². The largest absolute Gasteiger partial charge is 0.497 e. The van der Waals surface area contributed by atoms with Crippen molar-refractivity contribution in [3.05, 3.63) is 23.8 Å². The molecule has 3 atom stereocenters. The topological polar surface area (TPSA) is 30.5 Å². The predicted molar refractivity (Wildman–Crippen MR) is 82.4 cm³/mol. The van der Waals surface area contributed by atoms with Crippen LogP contribution >= 0.6 is 0 Å². The van der Waals surface area contributed by atoms with Gasteiger partial charge in [0.1, 0.15) is 11.5 Å². The molecule has 1 saturated carbocycles. The summed E-state index contributed by atoms with van der Waals surface area (Å²) in [6, 6.07) is 6.65. The van der Waals surface area contributed by atoms with Crippen molar-refractivity contribution in [2.24, 2.45) is 11.8 Å². The fourth-order valence-electron chi connectivity index (χ4n) is 3.21. The highest BCUT2D eigenvalue weighted by molar-refractivity contribution is 5.40. The summed E-state index contributed by atoms with van der Waals surface area (Å²) in [7, 11) is 3.39. The van der Waals surface area contributed by atoms with E-state index in [1.165, 1.54) is 24.8 Å². The second-order valence-electron chi connectivity index (χ2n) is 6.06. The van der Waals surface area contributed by atoms with E-state index in [2.05, 4.69) is 25.2 Å². The van der Waals surface area contributed by atoms with Gasteiger partial charge in [0.15, 0.2) is 0 Å². The number of methoxy groups -OCH3 is 2. The van der Waals surface area contributed by atoms with Crippen LogP contribution in [0.25, 0.3) is 0 Å². The first-order chi connectivity index (χ1) is 9.63. The van der Waals surface area contributed by atoms with Crippen LogP contribution in [0.2, 0.25) is 0 Å². The van der Waals surface area contributed by atoms with Crippen molar-refractivity contribution in [3.63, 3.8) is 0 Å².